The average molecular weight is 501 g/mol. The van der Waals surface area contributed by atoms with Crippen LogP contribution in [0.5, 0.6) is 11.5 Å². The molecule has 1 aromatic heterocycles. The van der Waals surface area contributed by atoms with Crippen LogP contribution in [0.1, 0.15) is 17.8 Å². The Balaban J connectivity index is 1.37. The van der Waals surface area contributed by atoms with E-state index in [-0.39, 0.29) is 24.8 Å². The largest absolute Gasteiger partial charge is 0.493 e. The van der Waals surface area contributed by atoms with Gasteiger partial charge in [-0.15, -0.1) is 0 Å². The molecule has 0 saturated carbocycles. The zero-order valence-corrected chi connectivity index (χ0v) is 21.4. The maximum atomic E-state index is 13.1. The summed E-state index contributed by atoms with van der Waals surface area (Å²) in [6.45, 7) is 0.695. The topological polar surface area (TPSA) is 85.7 Å². The first-order valence-electron chi connectivity index (χ1n) is 12.2. The zero-order chi connectivity index (χ0) is 26.2. The minimum absolute atomic E-state index is 0.0289. The summed E-state index contributed by atoms with van der Waals surface area (Å²) in [5.41, 5.74) is 3.46. The van der Waals surface area contributed by atoms with E-state index in [1.54, 1.807) is 32.2 Å². The monoisotopic (exact) mass is 500 g/mol. The van der Waals surface area contributed by atoms with Gasteiger partial charge in [-0.1, -0.05) is 36.4 Å². The molecule has 0 radical (unpaired) electrons. The predicted octanol–water partition coefficient (Wildman–Crippen LogP) is 4.01. The molecule has 0 aliphatic carbocycles. The number of carbonyl (C=O) groups excluding carboxylic acids is 2. The number of amides is 2. The van der Waals surface area contributed by atoms with Crippen molar-refractivity contribution in [1.29, 1.82) is 0 Å². The number of hydrogen-bond donors (Lipinski definition) is 1. The molecule has 37 heavy (non-hydrogen) atoms. The van der Waals surface area contributed by atoms with Crippen LogP contribution in [-0.4, -0.2) is 49.2 Å². The van der Waals surface area contributed by atoms with Gasteiger partial charge >= 0.3 is 0 Å². The molecule has 0 fully saturated rings. The number of carbonyl (C=O) groups is 2. The lowest BCUT2D eigenvalue weighted by Crippen LogP contribution is -2.30. The van der Waals surface area contributed by atoms with Gasteiger partial charge in [0.25, 0.3) is 0 Å². The number of aromatic nitrogens is 2. The van der Waals surface area contributed by atoms with Crippen molar-refractivity contribution in [3.05, 3.63) is 84.2 Å². The fourth-order valence-corrected chi connectivity index (χ4v) is 4.24. The van der Waals surface area contributed by atoms with E-state index in [9.17, 15) is 9.59 Å². The molecule has 1 N–H and O–H groups in total. The summed E-state index contributed by atoms with van der Waals surface area (Å²) in [5, 5.41) is 2.98. The molecule has 0 spiro atoms. The van der Waals surface area contributed by atoms with Crippen LogP contribution in [0.25, 0.3) is 11.0 Å². The third-order valence-electron chi connectivity index (χ3n) is 6.26. The Hall–Kier alpha value is -4.33. The lowest BCUT2D eigenvalue weighted by Gasteiger charge is -2.18. The van der Waals surface area contributed by atoms with Crippen molar-refractivity contribution in [3.8, 4) is 11.5 Å². The van der Waals surface area contributed by atoms with Gasteiger partial charge in [-0.2, -0.15) is 0 Å². The Labute approximate surface area is 216 Å². The number of imidazole rings is 1. The van der Waals surface area contributed by atoms with Crippen LogP contribution in [0.4, 0.5) is 5.69 Å². The number of rotatable bonds is 11. The van der Waals surface area contributed by atoms with E-state index < -0.39 is 0 Å². The van der Waals surface area contributed by atoms with Crippen molar-refractivity contribution in [1.82, 2.24) is 14.9 Å². The fraction of sp³-hybridized carbons (Fsp3) is 0.276. The molecule has 4 rings (SSSR count). The van der Waals surface area contributed by atoms with Gasteiger partial charge in [0.05, 0.1) is 31.7 Å². The highest BCUT2D eigenvalue weighted by Crippen LogP contribution is 2.27. The molecule has 8 heteroatoms. The van der Waals surface area contributed by atoms with Gasteiger partial charge in [0, 0.05) is 25.7 Å². The van der Waals surface area contributed by atoms with Gasteiger partial charge in [0.1, 0.15) is 12.4 Å². The van der Waals surface area contributed by atoms with Gasteiger partial charge < -0.3 is 24.3 Å². The molecule has 8 nitrogen and oxygen atoms in total. The molecular weight excluding hydrogens is 468 g/mol. The van der Waals surface area contributed by atoms with Crippen molar-refractivity contribution < 1.29 is 19.1 Å². The fourth-order valence-electron chi connectivity index (χ4n) is 4.24. The number of likely N-dealkylation sites (N-methyl/N-ethyl adjacent to an activating group) is 1. The Morgan fingerprint density at radius 2 is 1.68 bits per heavy atom. The Bertz CT molecular complexity index is 1370. The molecular formula is C29H32N4O4. The smallest absolute Gasteiger partial charge is 0.246 e. The van der Waals surface area contributed by atoms with E-state index >= 15 is 0 Å². The maximum Gasteiger partial charge on any atom is 0.246 e. The number of methoxy groups -OCH3 is 2. The third kappa shape index (κ3) is 6.27. The summed E-state index contributed by atoms with van der Waals surface area (Å²) in [7, 11) is 4.93. The second-order valence-corrected chi connectivity index (χ2v) is 8.71. The minimum atomic E-state index is -0.0691. The summed E-state index contributed by atoms with van der Waals surface area (Å²) in [6.07, 6.45) is 1.58. The number of nitrogens with one attached hydrogen (secondary N) is 1. The van der Waals surface area contributed by atoms with E-state index in [0.717, 1.165) is 28.1 Å². The summed E-state index contributed by atoms with van der Waals surface area (Å²) < 4.78 is 12.5. The molecule has 0 atom stereocenters. The predicted molar refractivity (Wildman–Crippen MR) is 144 cm³/mol. The number of anilines is 1. The number of para-hydroxylation sites is 3. The van der Waals surface area contributed by atoms with E-state index in [1.165, 1.54) is 0 Å². The van der Waals surface area contributed by atoms with Gasteiger partial charge in [0.2, 0.25) is 11.8 Å². The number of aryl methyl sites for hydroxylation is 1. The molecule has 4 aromatic rings. The van der Waals surface area contributed by atoms with Crippen molar-refractivity contribution in [2.24, 2.45) is 0 Å². The maximum absolute atomic E-state index is 13.1. The molecule has 0 aliphatic rings. The van der Waals surface area contributed by atoms with Crippen molar-refractivity contribution in [2.75, 3.05) is 32.7 Å². The second kappa shape index (κ2) is 12.1. The highest BCUT2D eigenvalue weighted by atomic mass is 16.5. The first-order valence-corrected chi connectivity index (χ1v) is 12.2. The SMILES string of the molecule is COc1ccc(CC(=O)NCCCc2nc3ccccc3n2CC(=O)N(C)c2ccccc2)cc1OC. The normalized spacial score (nSPS) is 10.8. The Kier molecular flexibility index (Phi) is 8.40. The van der Waals surface area contributed by atoms with Gasteiger partial charge in [-0.05, 0) is 48.4 Å². The summed E-state index contributed by atoms with van der Waals surface area (Å²) in [6, 6.07) is 22.9. The van der Waals surface area contributed by atoms with Crippen LogP contribution >= 0.6 is 0 Å². The number of hydrogen-bond acceptors (Lipinski definition) is 5. The quantitative estimate of drug-likeness (QED) is 0.315. The van der Waals surface area contributed by atoms with E-state index in [1.807, 2.05) is 71.3 Å². The van der Waals surface area contributed by atoms with Gasteiger partial charge in [0.15, 0.2) is 11.5 Å². The lowest BCUT2D eigenvalue weighted by atomic mass is 10.1. The van der Waals surface area contributed by atoms with Crippen LogP contribution < -0.4 is 19.7 Å². The first kappa shape index (κ1) is 25.8. The number of benzene rings is 3. The molecule has 2 amide bonds. The molecule has 1 heterocycles. The first-order chi connectivity index (χ1) is 18.0. The van der Waals surface area contributed by atoms with Crippen LogP contribution in [0.3, 0.4) is 0 Å². The zero-order valence-electron chi connectivity index (χ0n) is 21.4. The average Bonchev–Trinajstić information content (AvgIpc) is 3.28. The second-order valence-electron chi connectivity index (χ2n) is 8.71. The molecule has 3 aromatic carbocycles. The Morgan fingerprint density at radius 1 is 0.946 bits per heavy atom. The van der Waals surface area contributed by atoms with Crippen LogP contribution in [0.2, 0.25) is 0 Å². The molecule has 0 saturated heterocycles. The van der Waals surface area contributed by atoms with E-state index in [4.69, 9.17) is 14.5 Å². The van der Waals surface area contributed by atoms with Crippen LogP contribution in [0.15, 0.2) is 72.8 Å². The summed E-state index contributed by atoms with van der Waals surface area (Å²) in [5.74, 6) is 1.95. The number of ether oxygens (including phenoxy) is 2. The van der Waals surface area contributed by atoms with Crippen molar-refractivity contribution in [2.45, 2.75) is 25.8 Å². The van der Waals surface area contributed by atoms with Crippen LogP contribution in [0, 0.1) is 0 Å². The molecule has 192 valence electrons. The van der Waals surface area contributed by atoms with E-state index in [0.29, 0.717) is 30.9 Å². The summed E-state index contributed by atoms with van der Waals surface area (Å²) in [4.78, 5) is 32.0. The Morgan fingerprint density at radius 3 is 2.43 bits per heavy atom. The highest BCUT2D eigenvalue weighted by molar-refractivity contribution is 5.93. The van der Waals surface area contributed by atoms with Crippen molar-refractivity contribution >= 4 is 28.5 Å². The molecule has 0 unspecified atom stereocenters. The number of nitrogens with zero attached hydrogens (tertiary/aromatic N) is 3. The minimum Gasteiger partial charge on any atom is -0.493 e. The van der Waals surface area contributed by atoms with Crippen molar-refractivity contribution in [3.63, 3.8) is 0 Å². The highest BCUT2D eigenvalue weighted by Gasteiger charge is 2.17. The summed E-state index contributed by atoms with van der Waals surface area (Å²) >= 11 is 0. The van der Waals surface area contributed by atoms with E-state index in [2.05, 4.69) is 5.32 Å². The number of fused-ring (bicyclic) bond motifs is 1. The molecule has 0 aliphatic heterocycles. The van der Waals surface area contributed by atoms with Gasteiger partial charge in [-0.25, -0.2) is 4.98 Å². The van der Waals surface area contributed by atoms with Gasteiger partial charge in [-0.3, -0.25) is 9.59 Å². The standard InChI is InChI=1S/C29H32N4O4/c1-32(22-10-5-4-6-11-22)29(35)20-33-24-13-8-7-12-23(24)31-27(33)14-9-17-30-28(34)19-21-15-16-25(36-2)26(18-21)37-3/h4-8,10-13,15-16,18H,9,14,17,19-20H2,1-3H3,(H,30,34). The van der Waals surface area contributed by atoms with Crippen LogP contribution in [-0.2, 0) is 29.0 Å². The third-order valence-corrected chi connectivity index (χ3v) is 6.26. The molecule has 0 bridgehead atoms. The lowest BCUT2D eigenvalue weighted by molar-refractivity contribution is -0.120.